The zero-order chi connectivity index (χ0) is 23.3. The maximum absolute atomic E-state index is 13.9. The normalized spacial score (nSPS) is 11.4. The van der Waals surface area contributed by atoms with Crippen LogP contribution in [-0.2, 0) is 4.74 Å². The van der Waals surface area contributed by atoms with E-state index in [2.05, 4.69) is 44.6 Å². The van der Waals surface area contributed by atoms with Crippen molar-refractivity contribution in [1.29, 1.82) is 0 Å². The zero-order valence-corrected chi connectivity index (χ0v) is 17.4. The molecular weight excluding hydrogens is 389 g/mol. The Hall–Kier alpha value is -3.47. The SMILES string of the molecule is C=C(/C=C\C(=C)C(=C)/C(F)=C(/F)C(=C)OC)/C=C/c1ccc(O)cc1F.C=CCC. The van der Waals surface area contributed by atoms with Crippen molar-refractivity contribution in [2.24, 2.45) is 0 Å². The summed E-state index contributed by atoms with van der Waals surface area (Å²) >= 11 is 0. The highest BCUT2D eigenvalue weighted by molar-refractivity contribution is 5.57. The number of hydrogen-bond donors (Lipinski definition) is 1. The van der Waals surface area contributed by atoms with Crippen molar-refractivity contribution in [3.05, 3.63) is 121 Å². The van der Waals surface area contributed by atoms with E-state index in [1.807, 2.05) is 6.08 Å². The van der Waals surface area contributed by atoms with E-state index in [-0.39, 0.29) is 22.5 Å². The van der Waals surface area contributed by atoms with Crippen LogP contribution in [0.25, 0.3) is 6.08 Å². The quantitative estimate of drug-likeness (QED) is 0.254. The number of hydrogen-bond acceptors (Lipinski definition) is 2. The molecule has 1 N–H and O–H groups in total. The predicted octanol–water partition coefficient (Wildman–Crippen LogP) is 7.66. The van der Waals surface area contributed by atoms with E-state index >= 15 is 0 Å². The van der Waals surface area contributed by atoms with Crippen molar-refractivity contribution in [3.8, 4) is 5.75 Å². The Labute approximate surface area is 176 Å². The summed E-state index contributed by atoms with van der Waals surface area (Å²) in [6.07, 6.45) is 8.81. The first kappa shape index (κ1) is 26.5. The van der Waals surface area contributed by atoms with Crippen LogP contribution in [0.3, 0.4) is 0 Å². The van der Waals surface area contributed by atoms with Gasteiger partial charge in [0.15, 0.2) is 5.83 Å². The fraction of sp³-hybridized carbons (Fsp3) is 0.120. The molecule has 0 atom stereocenters. The second kappa shape index (κ2) is 13.7. The van der Waals surface area contributed by atoms with E-state index in [0.717, 1.165) is 12.5 Å². The van der Waals surface area contributed by atoms with Gasteiger partial charge in [-0.1, -0.05) is 63.6 Å². The van der Waals surface area contributed by atoms with Gasteiger partial charge in [0, 0.05) is 17.2 Å². The number of halogens is 3. The Morgan fingerprint density at radius 3 is 2.17 bits per heavy atom. The molecule has 0 heterocycles. The molecule has 5 heteroatoms. The molecule has 2 nitrogen and oxygen atoms in total. The van der Waals surface area contributed by atoms with E-state index in [9.17, 15) is 13.2 Å². The van der Waals surface area contributed by atoms with Crippen LogP contribution in [0.4, 0.5) is 13.2 Å². The lowest BCUT2D eigenvalue weighted by atomic mass is 10.1. The summed E-state index contributed by atoms with van der Waals surface area (Å²) in [5.41, 5.74) is 0.567. The van der Waals surface area contributed by atoms with Gasteiger partial charge >= 0.3 is 0 Å². The standard InChI is InChI=1S/C21H19F3O2.C4H8/c1-13(7-9-17-10-11-18(25)12-19(17)22)6-8-14(2)15(3)20(23)21(24)16(4)26-5;1-3-4-2/h6-12,25H,1-4H2,5H3;3H,1,4H2,2H3/b8-6-,9-7+,21-20-;. The average molecular weight is 416 g/mol. The van der Waals surface area contributed by atoms with Crippen LogP contribution in [0.1, 0.15) is 18.9 Å². The van der Waals surface area contributed by atoms with Gasteiger partial charge in [-0.3, -0.25) is 0 Å². The maximum atomic E-state index is 13.9. The van der Waals surface area contributed by atoms with E-state index in [4.69, 9.17) is 5.11 Å². The van der Waals surface area contributed by atoms with E-state index < -0.39 is 23.2 Å². The molecule has 0 unspecified atom stereocenters. The van der Waals surface area contributed by atoms with Crippen LogP contribution in [0, 0.1) is 5.82 Å². The Balaban J connectivity index is 0.00000192. The van der Waals surface area contributed by atoms with Crippen LogP contribution in [0.2, 0.25) is 0 Å². The molecule has 160 valence electrons. The third kappa shape index (κ3) is 9.15. The molecule has 1 aromatic carbocycles. The van der Waals surface area contributed by atoms with Crippen LogP contribution >= 0.6 is 0 Å². The smallest absolute Gasteiger partial charge is 0.200 e. The summed E-state index contributed by atoms with van der Waals surface area (Å²) in [5.74, 6) is -3.69. The summed E-state index contributed by atoms with van der Waals surface area (Å²) < 4.78 is 45.7. The van der Waals surface area contributed by atoms with Crippen molar-refractivity contribution < 1.29 is 23.0 Å². The monoisotopic (exact) mass is 416 g/mol. The van der Waals surface area contributed by atoms with Crippen molar-refractivity contribution in [2.75, 3.05) is 7.11 Å². The zero-order valence-electron chi connectivity index (χ0n) is 17.4. The number of ether oxygens (including phenoxy) is 1. The predicted molar refractivity (Wildman–Crippen MR) is 120 cm³/mol. The Kier molecular flexibility index (Phi) is 12.1. The second-order valence-electron chi connectivity index (χ2n) is 5.90. The Morgan fingerprint density at radius 2 is 1.67 bits per heavy atom. The molecule has 0 fully saturated rings. The van der Waals surface area contributed by atoms with Crippen molar-refractivity contribution in [1.82, 2.24) is 0 Å². The molecule has 0 amide bonds. The van der Waals surface area contributed by atoms with E-state index in [1.54, 1.807) is 0 Å². The first-order chi connectivity index (χ1) is 14.1. The average Bonchev–Trinajstić information content (AvgIpc) is 2.74. The number of phenolic OH excluding ortho intramolecular Hbond substituents is 1. The van der Waals surface area contributed by atoms with Crippen molar-refractivity contribution in [2.45, 2.75) is 13.3 Å². The highest BCUT2D eigenvalue weighted by Crippen LogP contribution is 2.26. The second-order valence-corrected chi connectivity index (χ2v) is 5.90. The molecule has 0 radical (unpaired) electrons. The van der Waals surface area contributed by atoms with Gasteiger partial charge in [-0.15, -0.1) is 6.58 Å². The number of allylic oxidation sites excluding steroid dienone is 9. The van der Waals surface area contributed by atoms with E-state index in [0.29, 0.717) is 5.57 Å². The number of rotatable bonds is 9. The molecule has 0 spiro atoms. The van der Waals surface area contributed by atoms with Gasteiger partial charge in [0.25, 0.3) is 0 Å². The van der Waals surface area contributed by atoms with Crippen LogP contribution < -0.4 is 0 Å². The van der Waals surface area contributed by atoms with Gasteiger partial charge in [0.2, 0.25) is 5.83 Å². The highest BCUT2D eigenvalue weighted by Gasteiger charge is 2.14. The molecule has 1 rings (SSSR count). The molecule has 0 aliphatic heterocycles. The van der Waals surface area contributed by atoms with Crippen LogP contribution in [0.5, 0.6) is 5.75 Å². The third-order valence-corrected chi connectivity index (χ3v) is 3.58. The van der Waals surface area contributed by atoms with E-state index in [1.165, 1.54) is 43.5 Å². The summed E-state index contributed by atoms with van der Waals surface area (Å²) in [5, 5.41) is 9.16. The molecule has 0 bridgehead atoms. The first-order valence-electron chi connectivity index (χ1n) is 8.90. The summed E-state index contributed by atoms with van der Waals surface area (Å²) in [6.45, 7) is 19.6. The minimum Gasteiger partial charge on any atom is -0.508 e. The Bertz CT molecular complexity index is 903. The highest BCUT2D eigenvalue weighted by atomic mass is 19.2. The summed E-state index contributed by atoms with van der Waals surface area (Å²) in [7, 11) is 1.17. The minimum atomic E-state index is -1.26. The molecule has 0 saturated carbocycles. The van der Waals surface area contributed by atoms with Gasteiger partial charge in [-0.05, 0) is 29.7 Å². The number of benzene rings is 1. The van der Waals surface area contributed by atoms with Crippen LogP contribution in [-0.4, -0.2) is 12.2 Å². The molecule has 0 saturated heterocycles. The van der Waals surface area contributed by atoms with Crippen molar-refractivity contribution in [3.63, 3.8) is 0 Å². The Morgan fingerprint density at radius 1 is 1.07 bits per heavy atom. The lowest BCUT2D eigenvalue weighted by molar-refractivity contribution is 0.281. The molecular formula is C25H27F3O2. The molecule has 0 aliphatic carbocycles. The van der Waals surface area contributed by atoms with Gasteiger partial charge in [0.1, 0.15) is 17.3 Å². The van der Waals surface area contributed by atoms with Crippen LogP contribution in [0.15, 0.2) is 110 Å². The van der Waals surface area contributed by atoms with Crippen molar-refractivity contribution >= 4 is 6.08 Å². The largest absolute Gasteiger partial charge is 0.508 e. The number of aromatic hydroxyl groups is 1. The van der Waals surface area contributed by atoms with Gasteiger partial charge < -0.3 is 9.84 Å². The summed E-state index contributed by atoms with van der Waals surface area (Å²) in [6, 6.07) is 3.75. The molecule has 30 heavy (non-hydrogen) atoms. The fourth-order valence-electron chi connectivity index (χ4n) is 1.70. The number of phenols is 1. The summed E-state index contributed by atoms with van der Waals surface area (Å²) in [4.78, 5) is 0. The number of methoxy groups -OCH3 is 1. The van der Waals surface area contributed by atoms with Gasteiger partial charge in [-0.25, -0.2) is 8.78 Å². The topological polar surface area (TPSA) is 29.5 Å². The van der Waals surface area contributed by atoms with Gasteiger partial charge in [0.05, 0.1) is 7.11 Å². The molecule has 0 aliphatic rings. The lowest BCUT2D eigenvalue weighted by Crippen LogP contribution is -1.93. The fourth-order valence-corrected chi connectivity index (χ4v) is 1.70. The molecule has 1 aromatic rings. The van der Waals surface area contributed by atoms with Gasteiger partial charge in [-0.2, -0.15) is 4.39 Å². The molecule has 0 aromatic heterocycles. The minimum absolute atomic E-state index is 0.118. The lowest BCUT2D eigenvalue weighted by Gasteiger charge is -2.06. The maximum Gasteiger partial charge on any atom is 0.200 e. The first-order valence-corrected chi connectivity index (χ1v) is 8.90. The third-order valence-electron chi connectivity index (χ3n) is 3.58.